The van der Waals surface area contributed by atoms with Crippen LogP contribution in [-0.4, -0.2) is 8.07 Å². The number of rotatable bonds is 4. The van der Waals surface area contributed by atoms with Gasteiger partial charge in [0.25, 0.3) is 0 Å². The molecule has 0 saturated heterocycles. The minimum absolute atomic E-state index is 0. The number of halogens is 3. The molecule has 4 rings (SSSR count). The fraction of sp³-hybridized carbons (Fsp3) is 0.532. The molecule has 0 amide bonds. The van der Waals surface area contributed by atoms with Gasteiger partial charge in [-0.2, -0.15) is 6.08 Å². The number of benzene rings is 3. The molecule has 288 valence electrons. The largest absolute Gasteiger partial charge is 0.273 e. The molecule has 0 heterocycles. The van der Waals surface area contributed by atoms with E-state index in [-0.39, 0.29) is 91.4 Å². The predicted octanol–water partition coefficient (Wildman–Crippen LogP) is 12.4. The van der Waals surface area contributed by atoms with Crippen molar-refractivity contribution in [3.8, 4) is 0 Å². The number of allylic oxidation sites excluding steroid dienone is 4. The van der Waals surface area contributed by atoms with Crippen LogP contribution in [0.15, 0.2) is 71.9 Å². The van der Waals surface area contributed by atoms with Crippen molar-refractivity contribution in [2.75, 3.05) is 0 Å². The van der Waals surface area contributed by atoms with Gasteiger partial charge in [0.05, 0.1) is 0 Å². The fourth-order valence-electron chi connectivity index (χ4n) is 6.76. The molecule has 0 unspecified atom stereocenters. The summed E-state index contributed by atoms with van der Waals surface area (Å²) in [4.78, 5) is 0. The van der Waals surface area contributed by atoms with Gasteiger partial charge in [-0.05, 0) is 81.4 Å². The first kappa shape index (κ1) is 50.9. The normalized spacial score (nSPS) is 14.1. The zero-order chi connectivity index (χ0) is 36.5. The summed E-state index contributed by atoms with van der Waals surface area (Å²) in [6.07, 6.45) is 9.65. The predicted molar refractivity (Wildman–Crippen MR) is 238 cm³/mol. The van der Waals surface area contributed by atoms with E-state index in [0.717, 1.165) is 6.42 Å². The molecule has 0 N–H and O–H groups in total. The third-order valence-corrected chi connectivity index (χ3v) is 15.0. The molecular weight excluding hydrogens is 747 g/mol. The Kier molecular flexibility index (Phi) is 16.6. The quantitative estimate of drug-likeness (QED) is 0.140. The maximum absolute atomic E-state index is 4.01. The third kappa shape index (κ3) is 10.8. The Labute approximate surface area is 355 Å². The average Bonchev–Trinajstić information content (AvgIpc) is 3.45. The van der Waals surface area contributed by atoms with Crippen molar-refractivity contribution in [1.82, 2.24) is 0 Å². The van der Waals surface area contributed by atoms with Gasteiger partial charge in [0.1, 0.15) is 8.07 Å². The van der Waals surface area contributed by atoms with Crippen LogP contribution in [0, 0.1) is 6.08 Å². The molecule has 0 nitrogen and oxygen atoms in total. The van der Waals surface area contributed by atoms with Crippen molar-refractivity contribution in [3.05, 3.63) is 111 Å². The van der Waals surface area contributed by atoms with E-state index in [1.807, 2.05) is 0 Å². The van der Waals surface area contributed by atoms with Crippen molar-refractivity contribution in [2.24, 2.45) is 0 Å². The van der Waals surface area contributed by atoms with Gasteiger partial charge in [0.15, 0.2) is 0 Å². The van der Waals surface area contributed by atoms with Crippen molar-refractivity contribution in [3.63, 3.8) is 0 Å². The molecule has 52 heavy (non-hydrogen) atoms. The number of hydrogen-bond acceptors (Lipinski definition) is 0. The van der Waals surface area contributed by atoms with Crippen LogP contribution in [0.4, 0.5) is 0 Å². The standard InChI is InChI=1S/C47H67Si.3ClH.Ti/c1-42(2,3)32-23-33(43(4,5)6)27-39(26-32)48(38-21-19-20-22-38,40-28-34(44(7,8)9)24-35(29-40)45(10,11)12)41-30-36(46(13,14)15)25-37(31-41)47(16,17)18;;;;/h19,21,23-31H,20H2,1-18H3;3*1H;/q-1;;;;. The van der Waals surface area contributed by atoms with E-state index in [0.29, 0.717) is 0 Å². The van der Waals surface area contributed by atoms with Crippen LogP contribution in [0.25, 0.3) is 0 Å². The topological polar surface area (TPSA) is 0 Å². The molecule has 3 aromatic rings. The van der Waals surface area contributed by atoms with Crippen molar-refractivity contribution in [1.29, 1.82) is 0 Å². The van der Waals surface area contributed by atoms with Gasteiger partial charge in [0.2, 0.25) is 0 Å². The Hall–Kier alpha value is -1.06. The molecule has 0 bridgehead atoms. The van der Waals surface area contributed by atoms with Crippen molar-refractivity contribution < 1.29 is 21.7 Å². The molecule has 1 aliphatic rings. The molecule has 1 aliphatic carbocycles. The minimum Gasteiger partial charge on any atom is -0.273 e. The Morgan fingerprint density at radius 2 is 0.596 bits per heavy atom. The molecule has 0 atom stereocenters. The second kappa shape index (κ2) is 17.0. The zero-order valence-corrected chi connectivity index (χ0v) is 40.8. The average molecular weight is 817 g/mol. The molecule has 0 aliphatic heterocycles. The maximum atomic E-state index is 4.01. The van der Waals surface area contributed by atoms with Gasteiger partial charge in [-0.1, -0.05) is 179 Å². The van der Waals surface area contributed by atoms with Crippen LogP contribution in [-0.2, 0) is 54.2 Å². The van der Waals surface area contributed by atoms with E-state index in [4.69, 9.17) is 0 Å². The van der Waals surface area contributed by atoms with E-state index in [2.05, 4.69) is 197 Å². The molecular formula is C47H70Cl3SiTi-. The van der Waals surface area contributed by atoms with Gasteiger partial charge < -0.3 is 0 Å². The summed E-state index contributed by atoms with van der Waals surface area (Å²) in [5.41, 5.74) is 8.52. The van der Waals surface area contributed by atoms with E-state index < -0.39 is 8.07 Å². The summed E-state index contributed by atoms with van der Waals surface area (Å²) in [7, 11) is -2.93. The molecule has 0 saturated carbocycles. The van der Waals surface area contributed by atoms with E-state index in [1.165, 1.54) is 54.1 Å². The van der Waals surface area contributed by atoms with Crippen LogP contribution >= 0.6 is 37.2 Å². The summed E-state index contributed by atoms with van der Waals surface area (Å²) in [5, 5.41) is 5.83. The number of hydrogen-bond donors (Lipinski definition) is 0. The minimum atomic E-state index is -2.93. The summed E-state index contributed by atoms with van der Waals surface area (Å²) in [6, 6.07) is 23.1. The maximum Gasteiger partial charge on any atom is 0.144 e. The molecule has 3 aromatic carbocycles. The van der Waals surface area contributed by atoms with E-state index in [1.54, 1.807) is 0 Å². The van der Waals surface area contributed by atoms with Crippen molar-refractivity contribution >= 4 is 60.9 Å². The van der Waals surface area contributed by atoms with Crippen LogP contribution in [0.5, 0.6) is 0 Å². The molecule has 0 aromatic heterocycles. The van der Waals surface area contributed by atoms with E-state index >= 15 is 0 Å². The molecule has 0 fully saturated rings. The Balaban J connectivity index is 0.00000650. The molecule has 0 spiro atoms. The van der Waals surface area contributed by atoms with Gasteiger partial charge in [-0.15, -0.1) is 43.6 Å². The van der Waals surface area contributed by atoms with E-state index in [9.17, 15) is 0 Å². The van der Waals surface area contributed by atoms with Crippen LogP contribution in [0.3, 0.4) is 0 Å². The van der Waals surface area contributed by atoms with Gasteiger partial charge >= 0.3 is 0 Å². The monoisotopic (exact) mass is 815 g/mol. The van der Waals surface area contributed by atoms with Gasteiger partial charge in [-0.25, -0.2) is 11.3 Å². The van der Waals surface area contributed by atoms with Gasteiger partial charge in [0, 0.05) is 21.7 Å². The summed E-state index contributed by atoms with van der Waals surface area (Å²) < 4.78 is 0. The third-order valence-electron chi connectivity index (χ3n) is 10.4. The Bertz CT molecular complexity index is 1460. The van der Waals surface area contributed by atoms with Crippen LogP contribution in [0.2, 0.25) is 0 Å². The summed E-state index contributed by atoms with van der Waals surface area (Å²) in [6.45, 7) is 42.7. The van der Waals surface area contributed by atoms with Gasteiger partial charge in [-0.3, -0.25) is 6.08 Å². The SMILES string of the molecule is CC(C)(C)c1cc(C(C)(C)C)cc([Si](C2=[C-]CC=C2)(c2cc(C(C)(C)C)cc(C(C)(C)C)c2)c2cc(C(C)(C)C)cc(C(C)(C)C)c2)c1.Cl.Cl.Cl.[Ti]. The first-order chi connectivity index (χ1) is 21.6. The Morgan fingerprint density at radius 1 is 0.385 bits per heavy atom. The molecule has 5 heteroatoms. The summed E-state index contributed by atoms with van der Waals surface area (Å²) >= 11 is 0. The van der Waals surface area contributed by atoms with Crippen LogP contribution in [0.1, 0.15) is 164 Å². The van der Waals surface area contributed by atoms with Crippen LogP contribution < -0.4 is 15.6 Å². The Morgan fingerprint density at radius 3 is 0.750 bits per heavy atom. The second-order valence-electron chi connectivity index (χ2n) is 20.8. The summed E-state index contributed by atoms with van der Waals surface area (Å²) in [5.74, 6) is 0. The smallest absolute Gasteiger partial charge is 0.144 e. The van der Waals surface area contributed by atoms with Crippen molar-refractivity contribution in [2.45, 2.75) is 164 Å². The fourth-order valence-corrected chi connectivity index (χ4v) is 11.7. The first-order valence-corrected chi connectivity index (χ1v) is 20.3. The first-order valence-electron chi connectivity index (χ1n) is 18.3. The molecule has 0 radical (unpaired) electrons. The zero-order valence-electron chi connectivity index (χ0n) is 35.8. The second-order valence-corrected chi connectivity index (χ2v) is 24.6.